The van der Waals surface area contributed by atoms with Crippen LogP contribution in [0.3, 0.4) is 0 Å². The van der Waals surface area contributed by atoms with Crippen LogP contribution in [0.25, 0.3) is 16.7 Å². The van der Waals surface area contributed by atoms with E-state index >= 15 is 0 Å². The Balaban J connectivity index is 1.78. The van der Waals surface area contributed by atoms with Crippen LogP contribution in [0.1, 0.15) is 15.9 Å². The summed E-state index contributed by atoms with van der Waals surface area (Å²) in [5.74, 6) is -0.280. The van der Waals surface area contributed by atoms with Gasteiger partial charge in [-0.1, -0.05) is 17.7 Å². The van der Waals surface area contributed by atoms with Gasteiger partial charge >= 0.3 is 0 Å². The summed E-state index contributed by atoms with van der Waals surface area (Å²) >= 11 is 1.43. The second kappa shape index (κ2) is 5.90. The summed E-state index contributed by atoms with van der Waals surface area (Å²) in [5, 5.41) is 2.70. The molecule has 0 aliphatic carbocycles. The number of nitrogens with zero attached hydrogens (tertiary/aromatic N) is 3. The highest BCUT2D eigenvalue weighted by molar-refractivity contribution is 7.07. The molecule has 1 N–H and O–H groups in total. The molecule has 0 spiro atoms. The van der Waals surface area contributed by atoms with Crippen LogP contribution < -0.4 is 4.80 Å². The summed E-state index contributed by atoms with van der Waals surface area (Å²) in [6.07, 6.45) is 5.26. The number of fused-ring (bicyclic) bond motifs is 1. The summed E-state index contributed by atoms with van der Waals surface area (Å²) in [6, 6.07) is 11.8. The number of rotatable bonds is 2. The average molecular weight is 334 g/mol. The standard InChI is InChI=1S/C18H14N4OS/c1-12-4-6-13(7-5-12)22-9-10-24-18(22)21-17(23)15-11-20-16-14(15)3-2-8-19-16/h2-11H,1H3,(H,19,20). The summed E-state index contributed by atoms with van der Waals surface area (Å²) in [5.41, 5.74) is 3.39. The number of benzene rings is 1. The Kier molecular flexibility index (Phi) is 3.59. The summed E-state index contributed by atoms with van der Waals surface area (Å²) in [7, 11) is 0. The molecule has 4 aromatic rings. The molecule has 24 heavy (non-hydrogen) atoms. The van der Waals surface area contributed by atoms with E-state index in [1.807, 2.05) is 59.5 Å². The van der Waals surface area contributed by atoms with Crippen LogP contribution in [-0.4, -0.2) is 20.4 Å². The maximum Gasteiger partial charge on any atom is 0.281 e. The lowest BCUT2D eigenvalue weighted by Crippen LogP contribution is -2.14. The van der Waals surface area contributed by atoms with Crippen molar-refractivity contribution in [1.82, 2.24) is 14.5 Å². The van der Waals surface area contributed by atoms with Crippen molar-refractivity contribution in [2.45, 2.75) is 6.92 Å². The first-order chi connectivity index (χ1) is 11.7. The zero-order valence-electron chi connectivity index (χ0n) is 12.9. The lowest BCUT2D eigenvalue weighted by atomic mass is 10.2. The molecule has 0 aliphatic rings. The minimum Gasteiger partial charge on any atom is -0.345 e. The van der Waals surface area contributed by atoms with Gasteiger partial charge in [0.25, 0.3) is 5.91 Å². The molecule has 6 heteroatoms. The number of H-pyrrole nitrogens is 1. The minimum atomic E-state index is -0.280. The predicted molar refractivity (Wildman–Crippen MR) is 94.4 cm³/mol. The fourth-order valence-electron chi connectivity index (χ4n) is 2.53. The van der Waals surface area contributed by atoms with Crippen molar-refractivity contribution in [3.05, 3.63) is 76.3 Å². The van der Waals surface area contributed by atoms with Gasteiger partial charge in [0.2, 0.25) is 0 Å². The van der Waals surface area contributed by atoms with E-state index in [0.717, 1.165) is 11.1 Å². The molecule has 4 rings (SSSR count). The zero-order valence-corrected chi connectivity index (χ0v) is 13.7. The molecule has 1 aromatic carbocycles. The van der Waals surface area contributed by atoms with E-state index in [4.69, 9.17) is 0 Å². The van der Waals surface area contributed by atoms with Gasteiger partial charge < -0.3 is 4.98 Å². The summed E-state index contributed by atoms with van der Waals surface area (Å²) in [4.78, 5) is 24.8. The molecule has 0 aliphatic heterocycles. The molecule has 5 nitrogen and oxygen atoms in total. The maximum atomic E-state index is 12.6. The van der Waals surface area contributed by atoms with Crippen LogP contribution >= 0.6 is 11.3 Å². The largest absolute Gasteiger partial charge is 0.345 e. The third-order valence-electron chi connectivity index (χ3n) is 3.78. The van der Waals surface area contributed by atoms with Crippen molar-refractivity contribution >= 4 is 28.3 Å². The average Bonchev–Trinajstić information content (AvgIpc) is 3.22. The number of amides is 1. The highest BCUT2D eigenvalue weighted by atomic mass is 32.1. The predicted octanol–water partition coefficient (Wildman–Crippen LogP) is 3.46. The topological polar surface area (TPSA) is 63.0 Å². The highest BCUT2D eigenvalue weighted by Crippen LogP contribution is 2.16. The molecule has 0 unspecified atom stereocenters. The molecule has 3 aromatic heterocycles. The van der Waals surface area contributed by atoms with Crippen molar-refractivity contribution in [1.29, 1.82) is 0 Å². The van der Waals surface area contributed by atoms with Gasteiger partial charge in [0.15, 0.2) is 4.80 Å². The van der Waals surface area contributed by atoms with Gasteiger partial charge in [-0.15, -0.1) is 11.3 Å². The lowest BCUT2D eigenvalue weighted by Gasteiger charge is -2.02. The van der Waals surface area contributed by atoms with Gasteiger partial charge in [0, 0.05) is 35.0 Å². The number of thiazole rings is 1. The molecule has 0 bridgehead atoms. The van der Waals surface area contributed by atoms with E-state index in [-0.39, 0.29) is 5.91 Å². The molecule has 0 saturated heterocycles. The van der Waals surface area contributed by atoms with Crippen LogP contribution in [0.15, 0.2) is 65.4 Å². The normalized spacial score (nSPS) is 12.0. The first-order valence-electron chi connectivity index (χ1n) is 7.47. The van der Waals surface area contributed by atoms with Gasteiger partial charge in [0.05, 0.1) is 5.56 Å². The highest BCUT2D eigenvalue weighted by Gasteiger charge is 2.12. The first kappa shape index (κ1) is 14.6. The van der Waals surface area contributed by atoms with E-state index in [1.165, 1.54) is 16.9 Å². The van der Waals surface area contributed by atoms with Gasteiger partial charge in [0.1, 0.15) is 5.65 Å². The number of carbonyl (C=O) groups is 1. The Morgan fingerprint density at radius 1 is 1.25 bits per heavy atom. The molecule has 118 valence electrons. The van der Waals surface area contributed by atoms with Gasteiger partial charge in [-0.25, -0.2) is 4.98 Å². The van der Waals surface area contributed by atoms with Crippen molar-refractivity contribution in [2.75, 3.05) is 0 Å². The maximum absolute atomic E-state index is 12.6. The van der Waals surface area contributed by atoms with E-state index in [2.05, 4.69) is 15.0 Å². The third kappa shape index (κ3) is 2.57. The summed E-state index contributed by atoms with van der Waals surface area (Å²) < 4.78 is 1.91. The molecular weight excluding hydrogens is 320 g/mol. The Labute approximate surface area is 142 Å². The molecule has 1 amide bonds. The van der Waals surface area contributed by atoms with E-state index in [1.54, 1.807) is 12.4 Å². The molecule has 0 atom stereocenters. The van der Waals surface area contributed by atoms with Crippen LogP contribution in [0, 0.1) is 6.92 Å². The Bertz CT molecular complexity index is 1090. The monoisotopic (exact) mass is 334 g/mol. The van der Waals surface area contributed by atoms with Crippen LogP contribution in [0.5, 0.6) is 0 Å². The number of aryl methyl sites for hydroxylation is 1. The minimum absolute atomic E-state index is 0.280. The number of carbonyl (C=O) groups excluding carboxylic acids is 1. The van der Waals surface area contributed by atoms with Gasteiger partial charge in [-0.05, 0) is 31.2 Å². The van der Waals surface area contributed by atoms with Crippen LogP contribution in [0.4, 0.5) is 0 Å². The Morgan fingerprint density at radius 2 is 2.08 bits per heavy atom. The zero-order chi connectivity index (χ0) is 16.5. The number of hydrogen-bond donors (Lipinski definition) is 1. The number of hydrogen-bond acceptors (Lipinski definition) is 3. The molecule has 0 saturated carbocycles. The Hall–Kier alpha value is -2.99. The molecular formula is C18H14N4OS. The second-order valence-corrected chi connectivity index (χ2v) is 6.28. The van der Waals surface area contributed by atoms with Gasteiger partial charge in [-0.2, -0.15) is 4.99 Å². The Morgan fingerprint density at radius 3 is 2.92 bits per heavy atom. The number of nitrogens with one attached hydrogen (secondary N) is 1. The van der Waals surface area contributed by atoms with Crippen molar-refractivity contribution in [2.24, 2.45) is 4.99 Å². The first-order valence-corrected chi connectivity index (χ1v) is 8.35. The number of aromatic nitrogens is 3. The fraction of sp³-hybridized carbons (Fsp3) is 0.0556. The smallest absolute Gasteiger partial charge is 0.281 e. The third-order valence-corrected chi connectivity index (χ3v) is 4.54. The quantitative estimate of drug-likeness (QED) is 0.610. The number of aromatic amines is 1. The van der Waals surface area contributed by atoms with E-state index < -0.39 is 0 Å². The van der Waals surface area contributed by atoms with Crippen molar-refractivity contribution < 1.29 is 4.79 Å². The number of pyridine rings is 1. The summed E-state index contributed by atoms with van der Waals surface area (Å²) in [6.45, 7) is 2.04. The molecule has 3 heterocycles. The van der Waals surface area contributed by atoms with E-state index in [9.17, 15) is 4.79 Å². The molecule has 0 fully saturated rings. The second-order valence-electron chi connectivity index (χ2n) is 5.41. The van der Waals surface area contributed by atoms with Crippen LogP contribution in [-0.2, 0) is 0 Å². The molecule has 0 radical (unpaired) electrons. The van der Waals surface area contributed by atoms with Crippen molar-refractivity contribution in [3.63, 3.8) is 0 Å². The van der Waals surface area contributed by atoms with Crippen molar-refractivity contribution in [3.8, 4) is 5.69 Å². The SMILES string of the molecule is Cc1ccc(-n2ccsc2=NC(=O)c2c[nH]c3ncccc23)cc1. The van der Waals surface area contributed by atoms with Crippen LogP contribution in [0.2, 0.25) is 0 Å². The van der Waals surface area contributed by atoms with E-state index in [0.29, 0.717) is 16.0 Å². The lowest BCUT2D eigenvalue weighted by molar-refractivity contribution is 0.0999. The fourth-order valence-corrected chi connectivity index (χ4v) is 3.25. The van der Waals surface area contributed by atoms with Gasteiger partial charge in [-0.3, -0.25) is 9.36 Å².